The van der Waals surface area contributed by atoms with Crippen LogP contribution in [0.25, 0.3) is 0 Å². The van der Waals surface area contributed by atoms with Gasteiger partial charge in [-0.05, 0) is 48.3 Å². The number of hydrogen-bond donors (Lipinski definition) is 1. The van der Waals surface area contributed by atoms with E-state index in [4.69, 9.17) is 4.74 Å². The first-order chi connectivity index (χ1) is 9.97. The zero-order chi connectivity index (χ0) is 15.5. The Balaban J connectivity index is 2.07. The molecule has 0 bridgehead atoms. The summed E-state index contributed by atoms with van der Waals surface area (Å²) in [6.45, 7) is 10.1. The summed E-state index contributed by atoms with van der Waals surface area (Å²) in [5.74, 6) is 0.690. The van der Waals surface area contributed by atoms with Crippen molar-refractivity contribution in [2.75, 3.05) is 13.7 Å². The highest BCUT2D eigenvalue weighted by Gasteiger charge is 2.36. The van der Waals surface area contributed by atoms with Crippen molar-refractivity contribution in [3.8, 4) is 0 Å². The minimum atomic E-state index is 0.156. The van der Waals surface area contributed by atoms with E-state index in [0.29, 0.717) is 12.0 Å². The molecule has 0 saturated carbocycles. The van der Waals surface area contributed by atoms with E-state index < -0.39 is 0 Å². The molecular weight excluding hydrogens is 258 g/mol. The Morgan fingerprint density at radius 3 is 2.57 bits per heavy atom. The lowest BCUT2D eigenvalue weighted by molar-refractivity contribution is -0.0152. The average molecular weight is 289 g/mol. The summed E-state index contributed by atoms with van der Waals surface area (Å²) in [5, 5.41) is 3.73. The standard InChI is InChI=1S/C19H31NO/c1-6-11-20-17(18(21-5)19(2,3)4)13-15-12-14-9-7-8-10-16(14)15/h7-10,15,17-18,20H,6,11-13H2,1-5H3. The predicted molar refractivity (Wildman–Crippen MR) is 89.8 cm³/mol. The molecule has 21 heavy (non-hydrogen) atoms. The van der Waals surface area contributed by atoms with Gasteiger partial charge in [0, 0.05) is 13.2 Å². The van der Waals surface area contributed by atoms with Gasteiger partial charge in [0.2, 0.25) is 0 Å². The number of fused-ring (bicyclic) bond motifs is 1. The lowest BCUT2D eigenvalue weighted by atomic mass is 9.72. The quantitative estimate of drug-likeness (QED) is 0.814. The van der Waals surface area contributed by atoms with Gasteiger partial charge in [-0.3, -0.25) is 0 Å². The van der Waals surface area contributed by atoms with Crippen molar-refractivity contribution in [1.82, 2.24) is 5.32 Å². The molecule has 3 atom stereocenters. The fourth-order valence-electron chi connectivity index (χ4n) is 3.64. The molecule has 0 amide bonds. The summed E-state index contributed by atoms with van der Waals surface area (Å²) in [6.07, 6.45) is 3.81. The summed E-state index contributed by atoms with van der Waals surface area (Å²) >= 11 is 0. The molecule has 118 valence electrons. The zero-order valence-corrected chi connectivity index (χ0v) is 14.3. The molecule has 3 unspecified atom stereocenters. The third-order valence-electron chi connectivity index (χ3n) is 4.63. The topological polar surface area (TPSA) is 21.3 Å². The Morgan fingerprint density at radius 2 is 2.00 bits per heavy atom. The van der Waals surface area contributed by atoms with E-state index in [2.05, 4.69) is 57.3 Å². The molecule has 0 saturated heterocycles. The first-order valence-electron chi connectivity index (χ1n) is 8.31. The van der Waals surface area contributed by atoms with Gasteiger partial charge in [0.25, 0.3) is 0 Å². The number of ether oxygens (including phenoxy) is 1. The van der Waals surface area contributed by atoms with Crippen molar-refractivity contribution in [3.05, 3.63) is 35.4 Å². The van der Waals surface area contributed by atoms with Gasteiger partial charge in [0.15, 0.2) is 0 Å². The molecule has 0 heterocycles. The number of nitrogens with one attached hydrogen (secondary N) is 1. The fraction of sp³-hybridized carbons (Fsp3) is 0.684. The minimum absolute atomic E-state index is 0.156. The van der Waals surface area contributed by atoms with Crippen molar-refractivity contribution in [2.24, 2.45) is 5.41 Å². The second kappa shape index (κ2) is 6.93. The van der Waals surface area contributed by atoms with Crippen LogP contribution in [0.3, 0.4) is 0 Å². The zero-order valence-electron chi connectivity index (χ0n) is 14.3. The van der Waals surface area contributed by atoms with E-state index in [1.54, 1.807) is 5.56 Å². The average Bonchev–Trinajstić information content (AvgIpc) is 2.40. The second-order valence-corrected chi connectivity index (χ2v) is 7.42. The van der Waals surface area contributed by atoms with Crippen LogP contribution < -0.4 is 5.32 Å². The largest absolute Gasteiger partial charge is 0.379 e. The molecule has 0 aromatic heterocycles. The third-order valence-corrected chi connectivity index (χ3v) is 4.63. The smallest absolute Gasteiger partial charge is 0.0772 e. The van der Waals surface area contributed by atoms with Crippen LogP contribution in [-0.4, -0.2) is 25.8 Å². The van der Waals surface area contributed by atoms with Crippen LogP contribution in [0.1, 0.15) is 57.6 Å². The Kier molecular flexibility index (Phi) is 5.45. The maximum atomic E-state index is 5.87. The Labute approximate surface area is 130 Å². The number of rotatable bonds is 7. The first-order valence-corrected chi connectivity index (χ1v) is 8.31. The van der Waals surface area contributed by atoms with Crippen LogP contribution in [-0.2, 0) is 11.2 Å². The first kappa shape index (κ1) is 16.5. The SMILES string of the molecule is CCCNC(CC1Cc2ccccc21)C(OC)C(C)(C)C. The summed E-state index contributed by atoms with van der Waals surface area (Å²) < 4.78 is 5.87. The van der Waals surface area contributed by atoms with Gasteiger partial charge < -0.3 is 10.1 Å². The van der Waals surface area contributed by atoms with Crippen LogP contribution in [0.15, 0.2) is 24.3 Å². The Morgan fingerprint density at radius 1 is 1.29 bits per heavy atom. The van der Waals surface area contributed by atoms with E-state index in [-0.39, 0.29) is 11.5 Å². The van der Waals surface area contributed by atoms with E-state index in [1.807, 2.05) is 7.11 Å². The third kappa shape index (κ3) is 3.87. The molecule has 1 aliphatic rings. The molecule has 0 spiro atoms. The minimum Gasteiger partial charge on any atom is -0.379 e. The lowest BCUT2D eigenvalue weighted by Gasteiger charge is -2.40. The van der Waals surface area contributed by atoms with Gasteiger partial charge in [0.1, 0.15) is 0 Å². The van der Waals surface area contributed by atoms with Crippen LogP contribution in [0.4, 0.5) is 0 Å². The highest BCUT2D eigenvalue weighted by atomic mass is 16.5. The van der Waals surface area contributed by atoms with E-state index in [1.165, 1.54) is 24.8 Å². The molecule has 0 fully saturated rings. The number of hydrogen-bond acceptors (Lipinski definition) is 2. The molecule has 2 heteroatoms. The van der Waals surface area contributed by atoms with Crippen molar-refractivity contribution in [2.45, 2.75) is 65.0 Å². The van der Waals surface area contributed by atoms with Crippen LogP contribution in [0.5, 0.6) is 0 Å². The van der Waals surface area contributed by atoms with Crippen LogP contribution in [0.2, 0.25) is 0 Å². The normalized spacial score (nSPS) is 20.5. The summed E-state index contributed by atoms with van der Waals surface area (Å²) in [7, 11) is 1.85. The van der Waals surface area contributed by atoms with Crippen molar-refractivity contribution < 1.29 is 4.74 Å². The van der Waals surface area contributed by atoms with Crippen molar-refractivity contribution >= 4 is 0 Å². The van der Waals surface area contributed by atoms with Gasteiger partial charge in [0.05, 0.1) is 6.10 Å². The van der Waals surface area contributed by atoms with Crippen molar-refractivity contribution in [3.63, 3.8) is 0 Å². The molecule has 2 nitrogen and oxygen atoms in total. The van der Waals surface area contributed by atoms with Gasteiger partial charge in [-0.1, -0.05) is 52.0 Å². The van der Waals surface area contributed by atoms with E-state index in [9.17, 15) is 0 Å². The maximum Gasteiger partial charge on any atom is 0.0772 e. The molecule has 2 rings (SSSR count). The molecular formula is C19H31NO. The Hall–Kier alpha value is -0.860. The van der Waals surface area contributed by atoms with Gasteiger partial charge in [-0.2, -0.15) is 0 Å². The fourth-order valence-corrected chi connectivity index (χ4v) is 3.64. The van der Waals surface area contributed by atoms with Crippen LogP contribution >= 0.6 is 0 Å². The number of methoxy groups -OCH3 is 1. The monoisotopic (exact) mass is 289 g/mol. The molecule has 1 aromatic carbocycles. The molecule has 1 N–H and O–H groups in total. The molecule has 1 aromatic rings. The molecule has 1 aliphatic carbocycles. The van der Waals surface area contributed by atoms with Gasteiger partial charge in [-0.25, -0.2) is 0 Å². The van der Waals surface area contributed by atoms with E-state index in [0.717, 1.165) is 6.54 Å². The molecule has 0 aliphatic heterocycles. The van der Waals surface area contributed by atoms with E-state index >= 15 is 0 Å². The van der Waals surface area contributed by atoms with Gasteiger partial charge in [-0.15, -0.1) is 0 Å². The highest BCUT2D eigenvalue weighted by molar-refractivity contribution is 5.40. The summed E-state index contributed by atoms with van der Waals surface area (Å²) in [5.41, 5.74) is 3.23. The lowest BCUT2D eigenvalue weighted by Crippen LogP contribution is -2.49. The molecule has 0 radical (unpaired) electrons. The summed E-state index contributed by atoms with van der Waals surface area (Å²) in [4.78, 5) is 0. The number of benzene rings is 1. The Bertz CT molecular complexity index is 449. The predicted octanol–water partition coefficient (Wildman–Crippen LogP) is 4.15. The van der Waals surface area contributed by atoms with Crippen molar-refractivity contribution in [1.29, 1.82) is 0 Å². The van der Waals surface area contributed by atoms with Gasteiger partial charge >= 0.3 is 0 Å². The maximum absolute atomic E-state index is 5.87. The highest BCUT2D eigenvalue weighted by Crippen LogP contribution is 2.40. The second-order valence-electron chi connectivity index (χ2n) is 7.42. The summed E-state index contributed by atoms with van der Waals surface area (Å²) in [6, 6.07) is 9.29. The van der Waals surface area contributed by atoms with Crippen LogP contribution in [0, 0.1) is 5.41 Å².